The molecule has 0 saturated heterocycles. The van der Waals surface area contributed by atoms with Gasteiger partial charge in [0.2, 0.25) is 0 Å². The summed E-state index contributed by atoms with van der Waals surface area (Å²) in [5.41, 5.74) is 2.36. The van der Waals surface area contributed by atoms with Crippen molar-refractivity contribution in [1.82, 2.24) is 0 Å². The Morgan fingerprint density at radius 2 is 1.75 bits per heavy atom. The summed E-state index contributed by atoms with van der Waals surface area (Å²) in [6, 6.07) is 8.14. The van der Waals surface area contributed by atoms with Gasteiger partial charge in [-0.2, -0.15) is 0 Å². The Bertz CT molecular complexity index is 464. The molecule has 3 heteroatoms. The van der Waals surface area contributed by atoms with E-state index in [1.165, 1.54) is 5.56 Å². The van der Waals surface area contributed by atoms with Crippen LogP contribution in [0.25, 0.3) is 11.3 Å². The quantitative estimate of drug-likeness (QED) is 0.692. The van der Waals surface area contributed by atoms with Gasteiger partial charge in [0.25, 0.3) is 0 Å². The highest BCUT2D eigenvalue weighted by Crippen LogP contribution is 2.37. The third kappa shape index (κ3) is 2.25. The number of furan rings is 1. The van der Waals surface area contributed by atoms with Gasteiger partial charge in [-0.3, -0.25) is 0 Å². The zero-order valence-electron chi connectivity index (χ0n) is 9.13. The summed E-state index contributed by atoms with van der Waals surface area (Å²) in [5, 5.41) is 0. The van der Waals surface area contributed by atoms with Crippen molar-refractivity contribution in [2.75, 3.05) is 0 Å². The molecule has 1 heterocycles. The highest BCUT2D eigenvalue weighted by atomic mass is 79.9. The number of rotatable bonds is 2. The fourth-order valence-corrected chi connectivity index (χ4v) is 3.19. The summed E-state index contributed by atoms with van der Waals surface area (Å²) in [7, 11) is 0. The van der Waals surface area contributed by atoms with Crippen LogP contribution >= 0.6 is 31.9 Å². The highest BCUT2D eigenvalue weighted by Gasteiger charge is 2.13. The first-order valence-electron chi connectivity index (χ1n) is 5.12. The van der Waals surface area contributed by atoms with Crippen LogP contribution in [0.15, 0.2) is 43.9 Å². The van der Waals surface area contributed by atoms with Crippen molar-refractivity contribution in [3.63, 3.8) is 0 Å². The van der Waals surface area contributed by atoms with Gasteiger partial charge in [-0.15, -0.1) is 0 Å². The summed E-state index contributed by atoms with van der Waals surface area (Å²) in [6.07, 6.45) is 1.69. The zero-order chi connectivity index (χ0) is 11.7. The number of hydrogen-bond acceptors (Lipinski definition) is 1. The zero-order valence-corrected chi connectivity index (χ0v) is 12.3. The molecule has 0 N–H and O–H groups in total. The molecule has 0 radical (unpaired) electrons. The molecule has 2 aromatic rings. The fraction of sp³-hybridized carbons (Fsp3) is 0.231. The molecule has 0 aliphatic carbocycles. The van der Waals surface area contributed by atoms with E-state index in [1.807, 2.05) is 12.1 Å². The van der Waals surface area contributed by atoms with Crippen molar-refractivity contribution < 1.29 is 4.42 Å². The Labute approximate surface area is 112 Å². The first-order chi connectivity index (χ1) is 7.59. The second-order valence-corrected chi connectivity index (χ2v) is 5.70. The minimum absolute atomic E-state index is 0.512. The molecule has 0 amide bonds. The largest absolute Gasteiger partial charge is 0.464 e. The summed E-state index contributed by atoms with van der Waals surface area (Å²) in [6.45, 7) is 4.36. The summed E-state index contributed by atoms with van der Waals surface area (Å²) >= 11 is 7.20. The molecule has 0 bridgehead atoms. The minimum Gasteiger partial charge on any atom is -0.464 e. The van der Waals surface area contributed by atoms with Crippen LogP contribution in [0.1, 0.15) is 25.3 Å². The summed E-state index contributed by atoms with van der Waals surface area (Å²) in [5.74, 6) is 1.38. The van der Waals surface area contributed by atoms with E-state index in [9.17, 15) is 0 Å². The van der Waals surface area contributed by atoms with E-state index in [1.54, 1.807) is 6.26 Å². The molecule has 1 nitrogen and oxygen atoms in total. The van der Waals surface area contributed by atoms with Gasteiger partial charge in [0.05, 0.1) is 6.26 Å². The van der Waals surface area contributed by atoms with Gasteiger partial charge in [0.15, 0.2) is 0 Å². The molecular weight excluding hydrogens is 332 g/mol. The number of benzene rings is 1. The van der Waals surface area contributed by atoms with E-state index in [2.05, 4.69) is 57.8 Å². The first-order valence-corrected chi connectivity index (χ1v) is 6.71. The average molecular weight is 344 g/mol. The van der Waals surface area contributed by atoms with E-state index in [-0.39, 0.29) is 0 Å². The van der Waals surface area contributed by atoms with Crippen LogP contribution in [0.5, 0.6) is 0 Å². The van der Waals surface area contributed by atoms with Crippen molar-refractivity contribution in [3.05, 3.63) is 45.0 Å². The van der Waals surface area contributed by atoms with Crippen LogP contribution in [-0.2, 0) is 0 Å². The lowest BCUT2D eigenvalue weighted by Gasteiger charge is -2.11. The average Bonchev–Trinajstić information content (AvgIpc) is 2.69. The molecule has 0 spiro atoms. The molecule has 0 saturated carbocycles. The Morgan fingerprint density at radius 1 is 1.12 bits per heavy atom. The lowest BCUT2D eigenvalue weighted by Crippen LogP contribution is -1.90. The second kappa shape index (κ2) is 4.76. The standard InChI is InChI=1S/C13H12Br2O/c1-8(2)9-6-10(14)13(11(15)7-9)12-4-3-5-16-12/h3-8H,1-2H3. The number of halogens is 2. The van der Waals surface area contributed by atoms with Crippen molar-refractivity contribution >= 4 is 31.9 Å². The predicted molar refractivity (Wildman–Crippen MR) is 73.6 cm³/mol. The molecule has 16 heavy (non-hydrogen) atoms. The van der Waals surface area contributed by atoms with Gasteiger partial charge in [0.1, 0.15) is 5.76 Å². The summed E-state index contributed by atoms with van der Waals surface area (Å²) in [4.78, 5) is 0. The SMILES string of the molecule is CC(C)c1cc(Br)c(-c2ccco2)c(Br)c1. The third-order valence-electron chi connectivity index (χ3n) is 2.50. The lowest BCUT2D eigenvalue weighted by atomic mass is 10.0. The predicted octanol–water partition coefficient (Wildman–Crippen LogP) is 5.60. The molecule has 2 rings (SSSR count). The van der Waals surface area contributed by atoms with E-state index in [0.29, 0.717) is 5.92 Å². The third-order valence-corrected chi connectivity index (χ3v) is 3.75. The van der Waals surface area contributed by atoms with Crippen molar-refractivity contribution in [1.29, 1.82) is 0 Å². The Morgan fingerprint density at radius 3 is 2.19 bits per heavy atom. The van der Waals surface area contributed by atoms with E-state index in [4.69, 9.17) is 4.42 Å². The van der Waals surface area contributed by atoms with Gasteiger partial charge in [-0.25, -0.2) is 0 Å². The van der Waals surface area contributed by atoms with Crippen LogP contribution in [0.3, 0.4) is 0 Å². The summed E-state index contributed by atoms with van der Waals surface area (Å²) < 4.78 is 7.53. The molecule has 1 aromatic heterocycles. The second-order valence-electron chi connectivity index (χ2n) is 3.99. The molecule has 0 atom stereocenters. The monoisotopic (exact) mass is 342 g/mol. The molecule has 0 aliphatic rings. The molecule has 84 valence electrons. The smallest absolute Gasteiger partial charge is 0.136 e. The Hall–Kier alpha value is -0.540. The molecule has 0 fully saturated rings. The Kier molecular flexibility index (Phi) is 3.55. The maximum atomic E-state index is 5.42. The van der Waals surface area contributed by atoms with Gasteiger partial charge in [-0.1, -0.05) is 13.8 Å². The van der Waals surface area contributed by atoms with Gasteiger partial charge < -0.3 is 4.42 Å². The van der Waals surface area contributed by atoms with Crippen LogP contribution < -0.4 is 0 Å². The van der Waals surface area contributed by atoms with Gasteiger partial charge in [0, 0.05) is 14.5 Å². The van der Waals surface area contributed by atoms with Crippen LogP contribution in [0.4, 0.5) is 0 Å². The van der Waals surface area contributed by atoms with E-state index < -0.39 is 0 Å². The highest BCUT2D eigenvalue weighted by molar-refractivity contribution is 9.11. The maximum Gasteiger partial charge on any atom is 0.136 e. The minimum atomic E-state index is 0.512. The fourth-order valence-electron chi connectivity index (χ4n) is 1.58. The molecule has 0 unspecified atom stereocenters. The molecule has 1 aromatic carbocycles. The first kappa shape index (κ1) is 11.9. The normalized spacial score (nSPS) is 11.1. The van der Waals surface area contributed by atoms with Crippen molar-refractivity contribution in [2.24, 2.45) is 0 Å². The van der Waals surface area contributed by atoms with Gasteiger partial charge in [-0.05, 0) is 67.6 Å². The van der Waals surface area contributed by atoms with Gasteiger partial charge >= 0.3 is 0 Å². The van der Waals surface area contributed by atoms with Crippen LogP contribution in [-0.4, -0.2) is 0 Å². The van der Waals surface area contributed by atoms with Crippen LogP contribution in [0.2, 0.25) is 0 Å². The van der Waals surface area contributed by atoms with Crippen molar-refractivity contribution in [3.8, 4) is 11.3 Å². The van der Waals surface area contributed by atoms with Crippen LogP contribution in [0, 0.1) is 0 Å². The lowest BCUT2D eigenvalue weighted by molar-refractivity contribution is 0.581. The molecular formula is C13H12Br2O. The Balaban J connectivity index is 2.56. The maximum absolute atomic E-state index is 5.42. The molecule has 0 aliphatic heterocycles. The van der Waals surface area contributed by atoms with E-state index in [0.717, 1.165) is 20.3 Å². The number of hydrogen-bond donors (Lipinski definition) is 0. The van der Waals surface area contributed by atoms with E-state index >= 15 is 0 Å². The topological polar surface area (TPSA) is 13.1 Å². The van der Waals surface area contributed by atoms with Crippen molar-refractivity contribution in [2.45, 2.75) is 19.8 Å².